The number of hydrogen-bond donors (Lipinski definition) is 3. The lowest BCUT2D eigenvalue weighted by Gasteiger charge is -2.38. The number of aryl methyl sites for hydroxylation is 1. The predicted molar refractivity (Wildman–Crippen MR) is 173 cm³/mol. The number of amides is 3. The molecule has 0 radical (unpaired) electrons. The number of aromatic nitrogens is 4. The second-order valence-electron chi connectivity index (χ2n) is 11.6. The van der Waals surface area contributed by atoms with Gasteiger partial charge in [0.1, 0.15) is 29.0 Å². The topological polar surface area (TPSA) is 143 Å². The molecule has 6 bridgehead atoms. The first-order chi connectivity index (χ1) is 22.9. The van der Waals surface area contributed by atoms with Gasteiger partial charge in [0, 0.05) is 57.3 Å². The molecule has 8 rings (SSSR count). The molecule has 5 aromatic rings. The Morgan fingerprint density at radius 3 is 2.62 bits per heavy atom. The molecule has 12 heteroatoms. The number of likely N-dealkylation sites (tertiary alicyclic amines) is 1. The van der Waals surface area contributed by atoms with Crippen molar-refractivity contribution in [2.75, 3.05) is 19.7 Å². The van der Waals surface area contributed by atoms with Crippen molar-refractivity contribution in [1.82, 2.24) is 35.3 Å². The number of benzene rings is 2. The van der Waals surface area contributed by atoms with Gasteiger partial charge in [0.25, 0.3) is 17.7 Å². The summed E-state index contributed by atoms with van der Waals surface area (Å²) >= 11 is 0. The maximum absolute atomic E-state index is 13.7. The van der Waals surface area contributed by atoms with Crippen LogP contribution in [0, 0.1) is 0 Å². The van der Waals surface area contributed by atoms with Crippen molar-refractivity contribution in [3.8, 4) is 34.0 Å². The third-order valence-corrected chi connectivity index (χ3v) is 8.41. The van der Waals surface area contributed by atoms with Crippen LogP contribution >= 0.6 is 0 Å². The fourth-order valence-electron chi connectivity index (χ4n) is 5.86. The Labute approximate surface area is 270 Å². The lowest BCUT2D eigenvalue weighted by Crippen LogP contribution is -2.58. The summed E-state index contributed by atoms with van der Waals surface area (Å²) in [6.45, 7) is 0.847. The summed E-state index contributed by atoms with van der Waals surface area (Å²) in [5.74, 6) is 0.333. The van der Waals surface area contributed by atoms with Gasteiger partial charge < -0.3 is 29.6 Å². The van der Waals surface area contributed by atoms with E-state index in [4.69, 9.17) is 9.47 Å². The number of piperidine rings is 1. The van der Waals surface area contributed by atoms with Crippen LogP contribution in [0.4, 0.5) is 0 Å². The highest BCUT2D eigenvalue weighted by molar-refractivity contribution is 5.96. The van der Waals surface area contributed by atoms with Crippen molar-refractivity contribution in [3.63, 3.8) is 0 Å². The number of carbonyl (C=O) groups excluding carboxylic acids is 3. The van der Waals surface area contributed by atoms with Crippen molar-refractivity contribution >= 4 is 17.7 Å². The molecule has 1 fully saturated rings. The third kappa shape index (κ3) is 6.57. The maximum Gasteiger partial charge on any atom is 0.271 e. The molecule has 0 unspecified atom stereocenters. The maximum atomic E-state index is 13.7. The van der Waals surface area contributed by atoms with E-state index in [1.165, 1.54) is 6.20 Å². The number of pyridine rings is 1. The second-order valence-corrected chi connectivity index (χ2v) is 11.6. The van der Waals surface area contributed by atoms with E-state index in [1.807, 2.05) is 66.3 Å². The molecule has 0 aliphatic carbocycles. The van der Waals surface area contributed by atoms with E-state index in [9.17, 15) is 14.4 Å². The molecule has 238 valence electrons. The summed E-state index contributed by atoms with van der Waals surface area (Å²) in [5.41, 5.74) is 4.67. The standard InChI is InChI=1S/C35H33N7O5/c1-41-12-3-6-31(41)28-16-29(40-39-28)35(45)42-13-11-32-30(20-42)38-34(44)25-14-24(18-36-19-25)23-4-2-5-27(15-23)46-21-33(43)37-17-22-7-9-26(47-32)10-8-22/h2-10,12,14-16,18-19,30,32H,11,13,17,20-21H2,1H3,(H,37,43)(H,38,44)(H,39,40)/t30-,32+/m1/s1. The summed E-state index contributed by atoms with van der Waals surface area (Å²) in [7, 11) is 1.92. The number of nitrogens with one attached hydrogen (secondary N) is 3. The molecule has 0 spiro atoms. The van der Waals surface area contributed by atoms with E-state index >= 15 is 0 Å². The SMILES string of the molecule is Cn1cccc1-c1cc(C(=O)N2CC[C@@H]3Oc4ccc(cc4)CNC(=O)COc4cccc(c4)-c4cncc(c4)C(=O)N[C@@H]3C2)[nH]n1. The molecule has 2 aromatic carbocycles. The summed E-state index contributed by atoms with van der Waals surface area (Å²) in [5, 5.41) is 13.2. The Balaban J connectivity index is 1.17. The fourth-order valence-corrected chi connectivity index (χ4v) is 5.86. The molecule has 0 saturated carbocycles. The molecule has 3 aliphatic rings. The molecule has 47 heavy (non-hydrogen) atoms. The Morgan fingerprint density at radius 1 is 0.936 bits per heavy atom. The molecule has 3 aliphatic heterocycles. The number of nitrogens with zero attached hydrogens (tertiary/aromatic N) is 4. The van der Waals surface area contributed by atoms with Gasteiger partial charge >= 0.3 is 0 Å². The Morgan fingerprint density at radius 2 is 1.79 bits per heavy atom. The average molecular weight is 632 g/mol. The number of carbonyl (C=O) groups is 3. The van der Waals surface area contributed by atoms with Gasteiger partial charge in [-0.15, -0.1) is 0 Å². The molecule has 2 atom stereocenters. The number of hydrogen-bond acceptors (Lipinski definition) is 7. The minimum Gasteiger partial charge on any atom is -0.488 e. The van der Waals surface area contributed by atoms with Crippen molar-refractivity contribution in [3.05, 3.63) is 108 Å². The highest BCUT2D eigenvalue weighted by atomic mass is 16.5. The van der Waals surface area contributed by atoms with E-state index in [2.05, 4.69) is 25.8 Å². The van der Waals surface area contributed by atoms with E-state index in [0.717, 1.165) is 16.8 Å². The van der Waals surface area contributed by atoms with Gasteiger partial charge in [-0.1, -0.05) is 24.3 Å². The van der Waals surface area contributed by atoms with Gasteiger partial charge in [-0.3, -0.25) is 24.5 Å². The number of ether oxygens (including phenoxy) is 2. The summed E-state index contributed by atoms with van der Waals surface area (Å²) in [4.78, 5) is 45.9. The van der Waals surface area contributed by atoms with E-state index in [0.29, 0.717) is 53.5 Å². The third-order valence-electron chi connectivity index (χ3n) is 8.41. The van der Waals surface area contributed by atoms with Crippen LogP contribution in [0.2, 0.25) is 0 Å². The molecular weight excluding hydrogens is 598 g/mol. The molecule has 3 aromatic heterocycles. The Bertz CT molecular complexity index is 1930. The largest absolute Gasteiger partial charge is 0.488 e. The minimum atomic E-state index is -0.527. The van der Waals surface area contributed by atoms with Gasteiger partial charge in [-0.05, 0) is 59.7 Å². The number of fused-ring (bicyclic) bond motifs is 7. The van der Waals surface area contributed by atoms with Crippen molar-refractivity contribution < 1.29 is 23.9 Å². The first kappa shape index (κ1) is 29.8. The van der Waals surface area contributed by atoms with Crippen LogP contribution in [0.1, 0.15) is 32.8 Å². The summed E-state index contributed by atoms with van der Waals surface area (Å²) < 4.78 is 14.1. The summed E-state index contributed by atoms with van der Waals surface area (Å²) in [6.07, 6.45) is 5.16. The van der Waals surface area contributed by atoms with Crippen molar-refractivity contribution in [1.29, 1.82) is 0 Å². The molecule has 3 N–H and O–H groups in total. The first-order valence-corrected chi connectivity index (χ1v) is 15.4. The van der Waals surface area contributed by atoms with Crippen LogP contribution in [0.25, 0.3) is 22.5 Å². The van der Waals surface area contributed by atoms with E-state index in [1.54, 1.807) is 35.4 Å². The lowest BCUT2D eigenvalue weighted by atomic mass is 10.00. The first-order valence-electron chi connectivity index (χ1n) is 15.4. The van der Waals surface area contributed by atoms with Crippen molar-refractivity contribution in [2.45, 2.75) is 25.1 Å². The Kier molecular flexibility index (Phi) is 8.13. The number of aromatic amines is 1. The predicted octanol–water partition coefficient (Wildman–Crippen LogP) is 3.58. The zero-order valence-corrected chi connectivity index (χ0v) is 25.7. The van der Waals surface area contributed by atoms with E-state index in [-0.39, 0.29) is 30.9 Å². The zero-order valence-electron chi connectivity index (χ0n) is 25.7. The van der Waals surface area contributed by atoms with Gasteiger partial charge in [-0.2, -0.15) is 5.10 Å². The van der Waals surface area contributed by atoms with Gasteiger partial charge in [0.2, 0.25) is 0 Å². The highest BCUT2D eigenvalue weighted by Crippen LogP contribution is 2.26. The summed E-state index contributed by atoms with van der Waals surface area (Å²) in [6, 6.07) is 21.5. The quantitative estimate of drug-likeness (QED) is 0.270. The monoisotopic (exact) mass is 631 g/mol. The lowest BCUT2D eigenvalue weighted by molar-refractivity contribution is -0.123. The van der Waals surface area contributed by atoms with Gasteiger partial charge in [-0.25, -0.2) is 0 Å². The van der Waals surface area contributed by atoms with Crippen LogP contribution in [0.3, 0.4) is 0 Å². The smallest absolute Gasteiger partial charge is 0.271 e. The van der Waals surface area contributed by atoms with Crippen LogP contribution < -0.4 is 20.1 Å². The molecular formula is C35H33N7O5. The molecule has 3 amide bonds. The number of rotatable bonds is 2. The Hall–Kier alpha value is -5.91. The van der Waals surface area contributed by atoms with Crippen LogP contribution in [-0.2, 0) is 18.4 Å². The fraction of sp³-hybridized carbons (Fsp3) is 0.229. The molecule has 12 nitrogen and oxygen atoms in total. The van der Waals surface area contributed by atoms with Crippen LogP contribution in [0.15, 0.2) is 91.4 Å². The van der Waals surface area contributed by atoms with Crippen LogP contribution in [-0.4, -0.2) is 74.2 Å². The normalized spacial score (nSPS) is 18.3. The van der Waals surface area contributed by atoms with E-state index < -0.39 is 12.1 Å². The van der Waals surface area contributed by atoms with Gasteiger partial charge in [0.05, 0.1) is 17.3 Å². The van der Waals surface area contributed by atoms with Crippen molar-refractivity contribution in [2.24, 2.45) is 7.05 Å². The number of H-pyrrole nitrogens is 1. The molecule has 6 heterocycles. The highest BCUT2D eigenvalue weighted by Gasteiger charge is 2.35. The van der Waals surface area contributed by atoms with Gasteiger partial charge in [0.15, 0.2) is 6.61 Å². The average Bonchev–Trinajstić information content (AvgIpc) is 3.76. The minimum absolute atomic E-state index is 0.137. The van der Waals surface area contributed by atoms with Crippen LogP contribution in [0.5, 0.6) is 11.5 Å². The molecule has 1 saturated heterocycles. The second kappa shape index (κ2) is 12.8. The zero-order chi connectivity index (χ0) is 32.3.